The largest absolute Gasteiger partial charge is 0.493 e. The van der Waals surface area contributed by atoms with Crippen LogP contribution in [0.15, 0.2) is 24.4 Å². The van der Waals surface area contributed by atoms with Gasteiger partial charge in [0.1, 0.15) is 10.8 Å². The van der Waals surface area contributed by atoms with E-state index in [1.54, 1.807) is 20.4 Å². The monoisotopic (exact) mass is 263 g/mol. The number of hydrogen-bond acceptors (Lipinski definition) is 5. The topological polar surface area (TPSA) is 81.2 Å². The molecule has 0 radical (unpaired) electrons. The molecule has 0 fully saturated rings. The first kappa shape index (κ1) is 12.4. The van der Waals surface area contributed by atoms with E-state index >= 15 is 0 Å². The second-order valence-corrected chi connectivity index (χ2v) is 4.54. The maximum absolute atomic E-state index is 7.36. The average Bonchev–Trinajstić information content (AvgIpc) is 2.87. The van der Waals surface area contributed by atoms with Crippen molar-refractivity contribution < 1.29 is 9.47 Å². The van der Waals surface area contributed by atoms with Crippen LogP contribution in [0.4, 0.5) is 0 Å². The van der Waals surface area contributed by atoms with E-state index < -0.39 is 0 Å². The molecule has 0 aliphatic carbocycles. The number of nitrogens with one attached hydrogen (secondary N) is 1. The second kappa shape index (κ2) is 5.05. The van der Waals surface area contributed by atoms with Crippen LogP contribution in [0.25, 0.3) is 10.6 Å². The van der Waals surface area contributed by atoms with E-state index in [4.69, 9.17) is 20.6 Å². The quantitative estimate of drug-likeness (QED) is 0.654. The molecule has 2 aromatic rings. The van der Waals surface area contributed by atoms with Crippen molar-refractivity contribution >= 4 is 17.2 Å². The van der Waals surface area contributed by atoms with Crippen molar-refractivity contribution in [2.75, 3.05) is 14.2 Å². The third-order valence-electron chi connectivity index (χ3n) is 2.40. The fourth-order valence-electron chi connectivity index (χ4n) is 1.50. The summed E-state index contributed by atoms with van der Waals surface area (Å²) in [5.74, 6) is 1.35. The molecule has 1 aromatic carbocycles. The molecule has 94 valence electrons. The Kier molecular flexibility index (Phi) is 3.47. The van der Waals surface area contributed by atoms with Gasteiger partial charge in [-0.05, 0) is 18.2 Å². The maximum Gasteiger partial charge on any atom is 0.161 e. The first-order valence-electron chi connectivity index (χ1n) is 5.18. The number of amidine groups is 1. The van der Waals surface area contributed by atoms with Gasteiger partial charge in [-0.1, -0.05) is 0 Å². The molecular formula is C12H13N3O2S. The van der Waals surface area contributed by atoms with E-state index in [9.17, 15) is 0 Å². The van der Waals surface area contributed by atoms with E-state index in [2.05, 4.69) is 4.98 Å². The number of benzene rings is 1. The van der Waals surface area contributed by atoms with Gasteiger partial charge in [-0.2, -0.15) is 0 Å². The van der Waals surface area contributed by atoms with Crippen LogP contribution in [0.1, 0.15) is 4.88 Å². The fourth-order valence-corrected chi connectivity index (χ4v) is 2.28. The van der Waals surface area contributed by atoms with Crippen LogP contribution in [-0.4, -0.2) is 25.0 Å². The molecule has 0 spiro atoms. The normalized spacial score (nSPS) is 10.1. The molecule has 0 atom stereocenters. The molecular weight excluding hydrogens is 250 g/mol. The molecule has 0 saturated heterocycles. The van der Waals surface area contributed by atoms with Gasteiger partial charge in [-0.3, -0.25) is 5.41 Å². The van der Waals surface area contributed by atoms with Gasteiger partial charge in [-0.25, -0.2) is 4.98 Å². The fraction of sp³-hybridized carbons (Fsp3) is 0.167. The van der Waals surface area contributed by atoms with E-state index in [0.717, 1.165) is 10.6 Å². The Balaban J connectivity index is 2.41. The number of thiazole rings is 1. The van der Waals surface area contributed by atoms with Crippen molar-refractivity contribution in [2.45, 2.75) is 0 Å². The molecule has 0 saturated carbocycles. The summed E-state index contributed by atoms with van der Waals surface area (Å²) in [4.78, 5) is 4.89. The molecule has 0 aliphatic heterocycles. The molecule has 1 aromatic heterocycles. The Morgan fingerprint density at radius 2 is 2.00 bits per heavy atom. The Morgan fingerprint density at radius 1 is 1.28 bits per heavy atom. The van der Waals surface area contributed by atoms with Gasteiger partial charge in [-0.15, -0.1) is 11.3 Å². The van der Waals surface area contributed by atoms with E-state index in [1.807, 2.05) is 18.2 Å². The highest BCUT2D eigenvalue weighted by atomic mass is 32.1. The Bertz CT molecular complexity index is 580. The maximum atomic E-state index is 7.36. The van der Waals surface area contributed by atoms with Crippen LogP contribution in [0.2, 0.25) is 0 Å². The van der Waals surface area contributed by atoms with Crippen LogP contribution in [0.5, 0.6) is 11.5 Å². The Hall–Kier alpha value is -2.08. The minimum Gasteiger partial charge on any atom is -0.493 e. The lowest BCUT2D eigenvalue weighted by molar-refractivity contribution is 0.355. The van der Waals surface area contributed by atoms with Gasteiger partial charge in [0.15, 0.2) is 11.5 Å². The smallest absolute Gasteiger partial charge is 0.161 e. The zero-order chi connectivity index (χ0) is 13.1. The predicted octanol–water partition coefficient (Wildman–Crippen LogP) is 2.11. The van der Waals surface area contributed by atoms with Gasteiger partial charge in [0.25, 0.3) is 0 Å². The highest BCUT2D eigenvalue weighted by Gasteiger charge is 2.10. The van der Waals surface area contributed by atoms with Crippen molar-refractivity contribution in [3.05, 3.63) is 29.3 Å². The van der Waals surface area contributed by atoms with Crippen LogP contribution in [0.3, 0.4) is 0 Å². The lowest BCUT2D eigenvalue weighted by Crippen LogP contribution is -2.08. The Morgan fingerprint density at radius 3 is 2.56 bits per heavy atom. The summed E-state index contributed by atoms with van der Waals surface area (Å²) < 4.78 is 10.4. The highest BCUT2D eigenvalue weighted by molar-refractivity contribution is 7.16. The van der Waals surface area contributed by atoms with Gasteiger partial charge < -0.3 is 15.2 Å². The van der Waals surface area contributed by atoms with Crippen molar-refractivity contribution in [1.29, 1.82) is 5.41 Å². The number of rotatable bonds is 4. The molecule has 3 N–H and O–H groups in total. The van der Waals surface area contributed by atoms with Crippen molar-refractivity contribution in [3.8, 4) is 22.1 Å². The summed E-state index contributed by atoms with van der Waals surface area (Å²) in [7, 11) is 3.18. The van der Waals surface area contributed by atoms with Crippen molar-refractivity contribution in [3.63, 3.8) is 0 Å². The molecule has 2 rings (SSSR count). The number of nitrogens with zero attached hydrogens (tertiary/aromatic N) is 1. The van der Waals surface area contributed by atoms with Crippen LogP contribution in [0, 0.1) is 5.41 Å². The van der Waals surface area contributed by atoms with Gasteiger partial charge in [0.05, 0.1) is 19.1 Å². The zero-order valence-electron chi connectivity index (χ0n) is 10.1. The Labute approximate surface area is 109 Å². The summed E-state index contributed by atoms with van der Waals surface area (Å²) in [6, 6.07) is 5.56. The van der Waals surface area contributed by atoms with Gasteiger partial charge >= 0.3 is 0 Å². The SMILES string of the molecule is COc1ccc(-c2ncc(C(=N)N)s2)cc1OC. The third kappa shape index (κ3) is 2.28. The molecule has 0 unspecified atom stereocenters. The lowest BCUT2D eigenvalue weighted by atomic mass is 10.2. The predicted molar refractivity (Wildman–Crippen MR) is 71.7 cm³/mol. The first-order chi connectivity index (χ1) is 8.65. The molecule has 0 bridgehead atoms. The molecule has 5 nitrogen and oxygen atoms in total. The number of ether oxygens (including phenoxy) is 2. The van der Waals surface area contributed by atoms with E-state index in [1.165, 1.54) is 11.3 Å². The standard InChI is InChI=1S/C12H13N3O2S/c1-16-8-4-3-7(5-9(8)17-2)12-15-6-10(18-12)11(13)14/h3-6H,1-2H3,(H3,13,14). The van der Waals surface area contributed by atoms with Gasteiger partial charge in [0, 0.05) is 11.8 Å². The van der Waals surface area contributed by atoms with Crippen molar-refractivity contribution in [1.82, 2.24) is 4.98 Å². The first-order valence-corrected chi connectivity index (χ1v) is 6.00. The molecule has 1 heterocycles. The van der Waals surface area contributed by atoms with Crippen molar-refractivity contribution in [2.24, 2.45) is 5.73 Å². The number of nitrogen functional groups attached to an aromatic ring is 1. The second-order valence-electron chi connectivity index (χ2n) is 3.51. The lowest BCUT2D eigenvalue weighted by Gasteiger charge is -2.08. The minimum atomic E-state index is 0.0271. The summed E-state index contributed by atoms with van der Waals surface area (Å²) in [6.07, 6.45) is 1.60. The van der Waals surface area contributed by atoms with Crippen LogP contribution < -0.4 is 15.2 Å². The number of methoxy groups -OCH3 is 2. The summed E-state index contributed by atoms with van der Waals surface area (Å²) in [5.41, 5.74) is 6.32. The summed E-state index contributed by atoms with van der Waals surface area (Å²) in [5, 5.41) is 8.15. The molecule has 18 heavy (non-hydrogen) atoms. The van der Waals surface area contributed by atoms with E-state index in [0.29, 0.717) is 16.4 Å². The van der Waals surface area contributed by atoms with Crippen LogP contribution >= 0.6 is 11.3 Å². The highest BCUT2D eigenvalue weighted by Crippen LogP contribution is 2.33. The number of aromatic nitrogens is 1. The molecule has 0 aliphatic rings. The molecule has 6 heteroatoms. The van der Waals surface area contributed by atoms with Crippen LogP contribution in [-0.2, 0) is 0 Å². The van der Waals surface area contributed by atoms with Gasteiger partial charge in [0.2, 0.25) is 0 Å². The van der Waals surface area contributed by atoms with E-state index in [-0.39, 0.29) is 5.84 Å². The minimum absolute atomic E-state index is 0.0271. The summed E-state index contributed by atoms with van der Waals surface area (Å²) in [6.45, 7) is 0. The zero-order valence-corrected chi connectivity index (χ0v) is 10.9. The number of nitrogens with two attached hydrogens (primary N) is 1. The summed E-state index contributed by atoms with van der Waals surface area (Å²) >= 11 is 1.37. The number of hydrogen-bond donors (Lipinski definition) is 2. The third-order valence-corrected chi connectivity index (χ3v) is 3.48. The molecule has 0 amide bonds. The average molecular weight is 263 g/mol.